The number of benzene rings is 2. The first kappa shape index (κ1) is 9.82. The molecule has 1 aromatic heterocycles. The van der Waals surface area contributed by atoms with E-state index in [0.29, 0.717) is 0 Å². The van der Waals surface area contributed by atoms with Crippen LogP contribution >= 0.6 is 43.2 Å². The molecule has 0 aliphatic heterocycles. The van der Waals surface area contributed by atoms with Gasteiger partial charge in [-0.3, -0.25) is 0 Å². The summed E-state index contributed by atoms with van der Waals surface area (Å²) in [6.45, 7) is 0. The smallest absolute Gasteiger partial charge is 0.0508 e. The summed E-state index contributed by atoms with van der Waals surface area (Å²) in [7, 11) is 0. The fraction of sp³-hybridized carbons (Fsp3) is 0. The number of halogens is 2. The first-order valence-electron chi connectivity index (χ1n) is 4.52. The molecule has 2 aromatic carbocycles. The summed E-state index contributed by atoms with van der Waals surface area (Å²) in [4.78, 5) is 0. The summed E-state index contributed by atoms with van der Waals surface area (Å²) >= 11 is 8.98. The van der Waals surface area contributed by atoms with Gasteiger partial charge in [0.1, 0.15) is 0 Å². The predicted molar refractivity (Wildman–Crippen MR) is 74.7 cm³/mol. The zero-order valence-electron chi connectivity index (χ0n) is 7.63. The Bertz CT molecular complexity index is 655. The largest absolute Gasteiger partial charge is 0.134 e. The highest BCUT2D eigenvalue weighted by atomic mass is 79.9. The summed E-state index contributed by atoms with van der Waals surface area (Å²) in [5, 5.41) is 2.66. The molecule has 0 atom stereocenters. The van der Waals surface area contributed by atoms with Crippen LogP contribution in [0.5, 0.6) is 0 Å². The lowest BCUT2D eigenvalue weighted by molar-refractivity contribution is 1.71. The van der Waals surface area contributed by atoms with Crippen molar-refractivity contribution in [3.8, 4) is 0 Å². The fourth-order valence-electron chi connectivity index (χ4n) is 1.73. The van der Waals surface area contributed by atoms with Crippen molar-refractivity contribution in [1.82, 2.24) is 0 Å². The number of fused-ring (bicyclic) bond motifs is 3. The van der Waals surface area contributed by atoms with Gasteiger partial charge in [0.2, 0.25) is 0 Å². The molecule has 0 spiro atoms. The number of thiophene rings is 1. The summed E-state index contributed by atoms with van der Waals surface area (Å²) in [6.07, 6.45) is 0. The zero-order chi connectivity index (χ0) is 10.4. The van der Waals surface area contributed by atoms with Crippen molar-refractivity contribution in [2.24, 2.45) is 0 Å². The van der Waals surface area contributed by atoms with Crippen molar-refractivity contribution >= 4 is 63.4 Å². The van der Waals surface area contributed by atoms with Crippen LogP contribution in [0, 0.1) is 0 Å². The lowest BCUT2D eigenvalue weighted by atomic mass is 10.2. The Morgan fingerprint density at radius 3 is 2.53 bits per heavy atom. The molecule has 0 amide bonds. The third-order valence-corrected chi connectivity index (χ3v) is 5.92. The van der Waals surface area contributed by atoms with Crippen LogP contribution in [0.4, 0.5) is 0 Å². The molecule has 0 saturated carbocycles. The van der Waals surface area contributed by atoms with Gasteiger partial charge in [-0.25, -0.2) is 0 Å². The maximum Gasteiger partial charge on any atom is 0.0508 e. The zero-order valence-corrected chi connectivity index (χ0v) is 11.6. The molecular formula is C12H6Br2S. The van der Waals surface area contributed by atoms with Crippen molar-refractivity contribution < 1.29 is 0 Å². The number of hydrogen-bond acceptors (Lipinski definition) is 1. The lowest BCUT2D eigenvalue weighted by Crippen LogP contribution is -1.69. The van der Waals surface area contributed by atoms with Crippen LogP contribution in [0.25, 0.3) is 20.2 Å². The molecule has 0 bridgehead atoms. The Balaban J connectivity index is 2.60. The second-order valence-corrected chi connectivity index (χ2v) is 6.04. The van der Waals surface area contributed by atoms with Gasteiger partial charge in [0.15, 0.2) is 0 Å². The van der Waals surface area contributed by atoms with Crippen molar-refractivity contribution in [3.05, 3.63) is 45.3 Å². The van der Waals surface area contributed by atoms with Crippen LogP contribution in [0.2, 0.25) is 0 Å². The van der Waals surface area contributed by atoms with Gasteiger partial charge in [-0.05, 0) is 44.0 Å². The van der Waals surface area contributed by atoms with Crippen LogP contribution in [0.1, 0.15) is 0 Å². The second-order valence-electron chi connectivity index (χ2n) is 3.34. The topological polar surface area (TPSA) is 0 Å². The molecule has 0 nitrogen and oxygen atoms in total. The minimum Gasteiger partial charge on any atom is -0.134 e. The van der Waals surface area contributed by atoms with E-state index in [2.05, 4.69) is 68.3 Å². The standard InChI is InChI=1S/C12H6Br2S/c13-9-6-5-8-7-3-1-2-4-10(7)15-12(8)11(9)14/h1-6H. The Kier molecular flexibility index (Phi) is 2.34. The molecule has 15 heavy (non-hydrogen) atoms. The summed E-state index contributed by atoms with van der Waals surface area (Å²) < 4.78 is 4.92. The Morgan fingerprint density at radius 1 is 0.867 bits per heavy atom. The molecule has 1 heterocycles. The van der Waals surface area contributed by atoms with Gasteiger partial charge in [0.05, 0.1) is 4.70 Å². The molecule has 0 aliphatic carbocycles. The lowest BCUT2D eigenvalue weighted by Gasteiger charge is -1.96. The van der Waals surface area contributed by atoms with E-state index in [4.69, 9.17) is 0 Å². The minimum absolute atomic E-state index is 1.11. The Hall–Kier alpha value is -0.380. The molecule has 0 saturated heterocycles. The van der Waals surface area contributed by atoms with E-state index in [1.165, 1.54) is 20.2 Å². The van der Waals surface area contributed by atoms with E-state index < -0.39 is 0 Å². The van der Waals surface area contributed by atoms with E-state index in [1.54, 1.807) is 0 Å². The van der Waals surface area contributed by atoms with Crippen molar-refractivity contribution in [1.29, 1.82) is 0 Å². The van der Waals surface area contributed by atoms with Crippen molar-refractivity contribution in [3.63, 3.8) is 0 Å². The quantitative estimate of drug-likeness (QED) is 0.500. The summed E-state index contributed by atoms with van der Waals surface area (Å²) in [5.74, 6) is 0. The van der Waals surface area contributed by atoms with E-state index >= 15 is 0 Å². The first-order chi connectivity index (χ1) is 7.27. The molecule has 0 radical (unpaired) electrons. The van der Waals surface area contributed by atoms with Gasteiger partial charge < -0.3 is 0 Å². The first-order valence-corrected chi connectivity index (χ1v) is 6.93. The van der Waals surface area contributed by atoms with E-state index in [9.17, 15) is 0 Å². The average Bonchev–Trinajstić information content (AvgIpc) is 2.63. The van der Waals surface area contributed by atoms with Crippen molar-refractivity contribution in [2.75, 3.05) is 0 Å². The van der Waals surface area contributed by atoms with Crippen LogP contribution in [-0.4, -0.2) is 0 Å². The SMILES string of the molecule is Brc1ccc2c(sc3ccccc32)c1Br. The molecule has 0 unspecified atom stereocenters. The highest BCUT2D eigenvalue weighted by Crippen LogP contribution is 2.40. The molecular weight excluding hydrogens is 336 g/mol. The maximum absolute atomic E-state index is 3.62. The number of hydrogen-bond donors (Lipinski definition) is 0. The summed E-state index contributed by atoms with van der Waals surface area (Å²) in [5.41, 5.74) is 0. The molecule has 3 aromatic rings. The predicted octanol–water partition coefficient (Wildman–Crippen LogP) is 5.58. The third-order valence-electron chi connectivity index (χ3n) is 2.44. The average molecular weight is 342 g/mol. The molecule has 0 fully saturated rings. The molecule has 0 aliphatic rings. The van der Waals surface area contributed by atoms with Gasteiger partial charge in [0, 0.05) is 24.4 Å². The van der Waals surface area contributed by atoms with E-state index in [1.807, 2.05) is 11.3 Å². The second kappa shape index (κ2) is 3.58. The highest BCUT2D eigenvalue weighted by molar-refractivity contribution is 9.13. The van der Waals surface area contributed by atoms with Gasteiger partial charge in [-0.2, -0.15) is 0 Å². The van der Waals surface area contributed by atoms with Gasteiger partial charge in [-0.1, -0.05) is 24.3 Å². The van der Waals surface area contributed by atoms with Crippen LogP contribution in [0.3, 0.4) is 0 Å². The highest BCUT2D eigenvalue weighted by Gasteiger charge is 2.08. The molecule has 74 valence electrons. The Morgan fingerprint density at radius 2 is 1.67 bits per heavy atom. The van der Waals surface area contributed by atoms with Gasteiger partial charge >= 0.3 is 0 Å². The molecule has 3 rings (SSSR count). The normalized spacial score (nSPS) is 11.3. The fourth-order valence-corrected chi connectivity index (χ4v) is 3.92. The maximum atomic E-state index is 3.62. The van der Waals surface area contributed by atoms with Crippen LogP contribution < -0.4 is 0 Å². The third kappa shape index (κ3) is 1.45. The summed E-state index contributed by atoms with van der Waals surface area (Å²) in [6, 6.07) is 12.8. The van der Waals surface area contributed by atoms with E-state index in [0.717, 1.165) is 8.95 Å². The van der Waals surface area contributed by atoms with Gasteiger partial charge in [-0.15, -0.1) is 11.3 Å². The minimum atomic E-state index is 1.11. The van der Waals surface area contributed by atoms with E-state index in [-0.39, 0.29) is 0 Å². The van der Waals surface area contributed by atoms with Gasteiger partial charge in [0.25, 0.3) is 0 Å². The van der Waals surface area contributed by atoms with Crippen molar-refractivity contribution in [2.45, 2.75) is 0 Å². The van der Waals surface area contributed by atoms with Crippen LogP contribution in [0.15, 0.2) is 45.3 Å². The Labute approximate surface area is 108 Å². The number of rotatable bonds is 0. The monoisotopic (exact) mass is 340 g/mol. The molecule has 0 N–H and O–H groups in total. The van der Waals surface area contributed by atoms with Crippen LogP contribution in [-0.2, 0) is 0 Å². The molecule has 3 heteroatoms.